The molecule has 0 unspecified atom stereocenters. The smallest absolute Gasteiger partial charge is 0.387 e. The molecule has 1 aromatic carbocycles. The van der Waals surface area contributed by atoms with Crippen molar-refractivity contribution < 1.29 is 18.3 Å². The van der Waals surface area contributed by atoms with Crippen LogP contribution in [0.4, 0.5) is 8.78 Å². The van der Waals surface area contributed by atoms with Gasteiger partial charge in [0, 0.05) is 23.7 Å². The number of hydrogen-bond acceptors (Lipinski definition) is 4. The van der Waals surface area contributed by atoms with E-state index in [1.165, 1.54) is 18.2 Å². The number of hydrogen-bond donors (Lipinski definition) is 2. The van der Waals surface area contributed by atoms with E-state index in [9.17, 15) is 18.4 Å². The zero-order valence-corrected chi connectivity index (χ0v) is 13.7. The lowest BCUT2D eigenvalue weighted by molar-refractivity contribution is -0.116. The number of aryl methyl sites for hydroxylation is 1. The summed E-state index contributed by atoms with van der Waals surface area (Å²) in [6, 6.07) is 6.11. The lowest BCUT2D eigenvalue weighted by Gasteiger charge is -2.08. The van der Waals surface area contributed by atoms with Gasteiger partial charge in [-0.1, -0.05) is 18.2 Å². The van der Waals surface area contributed by atoms with Gasteiger partial charge in [0.05, 0.1) is 5.69 Å². The third-order valence-corrected chi connectivity index (χ3v) is 3.58. The van der Waals surface area contributed by atoms with Crippen molar-refractivity contribution in [1.82, 2.24) is 15.5 Å². The van der Waals surface area contributed by atoms with Gasteiger partial charge in [0.15, 0.2) is 0 Å². The van der Waals surface area contributed by atoms with E-state index in [4.69, 9.17) is 0 Å². The summed E-state index contributed by atoms with van der Waals surface area (Å²) in [7, 11) is 0. The molecule has 0 aliphatic carbocycles. The topological polar surface area (TPSA) is 84.1 Å². The molecule has 0 aliphatic heterocycles. The Bertz CT molecular complexity index is 847. The number of carbonyl (C=O) groups excluding carboxylic acids is 1. The molecule has 0 radical (unpaired) electrons. The zero-order valence-electron chi connectivity index (χ0n) is 13.7. The largest absolute Gasteiger partial charge is 0.434 e. The van der Waals surface area contributed by atoms with Crippen LogP contribution in [0.15, 0.2) is 35.1 Å². The number of halogens is 2. The predicted octanol–water partition coefficient (Wildman–Crippen LogP) is 2.32. The van der Waals surface area contributed by atoms with E-state index >= 15 is 0 Å². The second-order valence-corrected chi connectivity index (χ2v) is 5.21. The van der Waals surface area contributed by atoms with Crippen LogP contribution in [0.5, 0.6) is 5.75 Å². The highest BCUT2D eigenvalue weighted by Crippen LogP contribution is 2.21. The van der Waals surface area contributed by atoms with E-state index in [-0.39, 0.29) is 17.9 Å². The Morgan fingerprint density at radius 2 is 2.08 bits per heavy atom. The van der Waals surface area contributed by atoms with Crippen LogP contribution in [0, 0.1) is 13.8 Å². The second kappa shape index (κ2) is 8.18. The fraction of sp³-hybridized carbons (Fsp3) is 0.235. The number of aromatic amines is 1. The molecule has 0 aliphatic rings. The molecule has 2 N–H and O–H groups in total. The number of para-hydroxylation sites is 1. The molecule has 0 saturated carbocycles. The van der Waals surface area contributed by atoms with Gasteiger partial charge >= 0.3 is 6.61 Å². The SMILES string of the molecule is Cc1n[nH]c(=O)c(CNC(=O)/C=C/c2ccccc2OC(F)F)c1C. The molecule has 8 heteroatoms. The second-order valence-electron chi connectivity index (χ2n) is 5.21. The monoisotopic (exact) mass is 349 g/mol. The van der Waals surface area contributed by atoms with Gasteiger partial charge in [-0.05, 0) is 31.6 Å². The maximum Gasteiger partial charge on any atom is 0.387 e. The van der Waals surface area contributed by atoms with Crippen molar-refractivity contribution in [1.29, 1.82) is 0 Å². The highest BCUT2D eigenvalue weighted by molar-refractivity contribution is 5.92. The first kappa shape index (κ1) is 18.3. The number of benzene rings is 1. The summed E-state index contributed by atoms with van der Waals surface area (Å²) < 4.78 is 29.1. The van der Waals surface area contributed by atoms with Crippen molar-refractivity contribution in [2.45, 2.75) is 27.0 Å². The number of aromatic nitrogens is 2. The van der Waals surface area contributed by atoms with Crippen LogP contribution in [0.3, 0.4) is 0 Å². The Morgan fingerprint density at radius 1 is 1.36 bits per heavy atom. The van der Waals surface area contributed by atoms with Crippen LogP contribution in [-0.4, -0.2) is 22.7 Å². The third-order valence-electron chi connectivity index (χ3n) is 3.58. The maximum atomic E-state index is 12.4. The normalized spacial score (nSPS) is 11.1. The molecule has 0 spiro atoms. The van der Waals surface area contributed by atoms with Crippen molar-refractivity contribution in [3.05, 3.63) is 63.1 Å². The molecule has 0 bridgehead atoms. The van der Waals surface area contributed by atoms with Crippen molar-refractivity contribution in [3.63, 3.8) is 0 Å². The Morgan fingerprint density at radius 3 is 2.80 bits per heavy atom. The van der Waals surface area contributed by atoms with E-state index in [1.807, 2.05) is 0 Å². The van der Waals surface area contributed by atoms with Crippen molar-refractivity contribution in [3.8, 4) is 5.75 Å². The summed E-state index contributed by atoms with van der Waals surface area (Å²) in [6.07, 6.45) is 2.55. The van der Waals surface area contributed by atoms with E-state index in [0.29, 0.717) is 22.4 Å². The highest BCUT2D eigenvalue weighted by atomic mass is 19.3. The van der Waals surface area contributed by atoms with Gasteiger partial charge in [-0.25, -0.2) is 5.10 Å². The van der Waals surface area contributed by atoms with Crippen LogP contribution in [0.2, 0.25) is 0 Å². The number of carbonyl (C=O) groups is 1. The van der Waals surface area contributed by atoms with Gasteiger partial charge in [0.1, 0.15) is 5.75 Å². The molecule has 0 saturated heterocycles. The van der Waals surface area contributed by atoms with Crippen molar-refractivity contribution in [2.24, 2.45) is 0 Å². The minimum Gasteiger partial charge on any atom is -0.434 e. The summed E-state index contributed by atoms with van der Waals surface area (Å²) in [5.41, 5.74) is 1.74. The molecule has 2 rings (SSSR count). The number of ether oxygens (including phenoxy) is 1. The summed E-state index contributed by atoms with van der Waals surface area (Å²) in [6.45, 7) is 0.569. The van der Waals surface area contributed by atoms with Crippen LogP contribution in [0.25, 0.3) is 6.08 Å². The molecule has 25 heavy (non-hydrogen) atoms. The first-order valence-electron chi connectivity index (χ1n) is 7.43. The standard InChI is InChI=1S/C17H17F2N3O3/c1-10-11(2)21-22-16(24)13(10)9-20-15(23)8-7-12-5-3-4-6-14(12)25-17(18)19/h3-8,17H,9H2,1-2H3,(H,20,23)(H,22,24)/b8-7+. The van der Waals surface area contributed by atoms with Gasteiger partial charge in [0.2, 0.25) is 5.91 Å². The Balaban J connectivity index is 2.05. The zero-order chi connectivity index (χ0) is 18.4. The van der Waals surface area contributed by atoms with E-state index in [1.54, 1.807) is 32.0 Å². The van der Waals surface area contributed by atoms with Crippen LogP contribution < -0.4 is 15.6 Å². The first-order chi connectivity index (χ1) is 11.9. The van der Waals surface area contributed by atoms with E-state index < -0.39 is 12.5 Å². The molecule has 0 fully saturated rings. The minimum atomic E-state index is -2.95. The van der Waals surface area contributed by atoms with Gasteiger partial charge in [-0.3, -0.25) is 9.59 Å². The Kier molecular flexibility index (Phi) is 5.99. The number of alkyl halides is 2. The number of nitrogens with zero attached hydrogens (tertiary/aromatic N) is 1. The number of amides is 1. The number of H-pyrrole nitrogens is 1. The van der Waals surface area contributed by atoms with E-state index in [0.717, 1.165) is 0 Å². The van der Waals surface area contributed by atoms with E-state index in [2.05, 4.69) is 20.3 Å². The number of nitrogens with one attached hydrogen (secondary N) is 2. The van der Waals surface area contributed by atoms with Crippen LogP contribution in [-0.2, 0) is 11.3 Å². The maximum absolute atomic E-state index is 12.4. The quantitative estimate of drug-likeness (QED) is 0.784. The predicted molar refractivity (Wildman–Crippen MR) is 88.3 cm³/mol. The lowest BCUT2D eigenvalue weighted by Crippen LogP contribution is -2.27. The highest BCUT2D eigenvalue weighted by Gasteiger charge is 2.09. The van der Waals surface area contributed by atoms with Gasteiger partial charge in [0.25, 0.3) is 5.56 Å². The molecule has 6 nitrogen and oxygen atoms in total. The Hall–Kier alpha value is -3.03. The fourth-order valence-electron chi connectivity index (χ4n) is 2.11. The lowest BCUT2D eigenvalue weighted by atomic mass is 10.1. The molecule has 1 heterocycles. The molecule has 2 aromatic rings. The summed E-state index contributed by atoms with van der Waals surface area (Å²) >= 11 is 0. The summed E-state index contributed by atoms with van der Waals surface area (Å²) in [4.78, 5) is 23.7. The molecule has 132 valence electrons. The molecule has 1 aromatic heterocycles. The molecular formula is C17H17F2N3O3. The average molecular weight is 349 g/mol. The van der Waals surface area contributed by atoms with Crippen LogP contribution >= 0.6 is 0 Å². The van der Waals surface area contributed by atoms with Gasteiger partial charge in [-0.15, -0.1) is 0 Å². The van der Waals surface area contributed by atoms with Gasteiger partial charge in [-0.2, -0.15) is 13.9 Å². The Labute approximate surface area is 142 Å². The van der Waals surface area contributed by atoms with Gasteiger partial charge < -0.3 is 10.1 Å². The van der Waals surface area contributed by atoms with Crippen molar-refractivity contribution >= 4 is 12.0 Å². The molecule has 0 atom stereocenters. The third kappa shape index (κ3) is 4.97. The molecule has 1 amide bonds. The molecular weight excluding hydrogens is 332 g/mol. The summed E-state index contributed by atoms with van der Waals surface area (Å²) in [5, 5.41) is 8.77. The summed E-state index contributed by atoms with van der Waals surface area (Å²) in [5.74, 6) is -0.501. The first-order valence-corrected chi connectivity index (χ1v) is 7.43. The average Bonchev–Trinajstić information content (AvgIpc) is 2.57. The van der Waals surface area contributed by atoms with Crippen LogP contribution in [0.1, 0.15) is 22.4 Å². The van der Waals surface area contributed by atoms with Crippen molar-refractivity contribution in [2.75, 3.05) is 0 Å². The number of rotatable bonds is 6. The fourth-order valence-corrected chi connectivity index (χ4v) is 2.11. The minimum absolute atomic E-state index is 0.0291.